The number of imidazole rings is 1. The van der Waals surface area contributed by atoms with Crippen molar-refractivity contribution in [2.24, 2.45) is 7.05 Å². The van der Waals surface area contributed by atoms with Gasteiger partial charge in [-0.15, -0.1) is 0 Å². The highest BCUT2D eigenvalue weighted by Crippen LogP contribution is 2.33. The van der Waals surface area contributed by atoms with Crippen LogP contribution in [0.4, 0.5) is 11.4 Å². The second-order valence-electron chi connectivity index (χ2n) is 5.67. The third-order valence-corrected chi connectivity index (χ3v) is 4.24. The summed E-state index contributed by atoms with van der Waals surface area (Å²) < 4.78 is 7.16. The minimum atomic E-state index is -0.463. The smallest absolute Gasteiger partial charge is 0.293 e. The quantitative estimate of drug-likeness (QED) is 0.518. The fourth-order valence-corrected chi connectivity index (χ4v) is 2.87. The lowest BCUT2D eigenvalue weighted by Crippen LogP contribution is -2.17. The van der Waals surface area contributed by atoms with Crippen LogP contribution in [-0.2, 0) is 7.05 Å². The van der Waals surface area contributed by atoms with Gasteiger partial charge in [0.15, 0.2) is 0 Å². The van der Waals surface area contributed by atoms with E-state index in [-0.39, 0.29) is 5.69 Å². The number of methoxy groups -OCH3 is 1. The van der Waals surface area contributed by atoms with Gasteiger partial charge in [0.25, 0.3) is 5.69 Å². The highest BCUT2D eigenvalue weighted by atomic mass is 35.5. The van der Waals surface area contributed by atoms with Gasteiger partial charge >= 0.3 is 0 Å². The number of benzene rings is 2. The van der Waals surface area contributed by atoms with Gasteiger partial charge in [0.1, 0.15) is 23.3 Å². The third kappa shape index (κ3) is 3.62. The molecule has 0 saturated carbocycles. The van der Waals surface area contributed by atoms with E-state index in [1.54, 1.807) is 25.4 Å². The van der Waals surface area contributed by atoms with E-state index in [1.165, 1.54) is 6.07 Å². The van der Waals surface area contributed by atoms with Gasteiger partial charge in [0.2, 0.25) is 0 Å². The summed E-state index contributed by atoms with van der Waals surface area (Å²) >= 11 is 5.91. The van der Waals surface area contributed by atoms with Crippen LogP contribution in [0, 0.1) is 10.1 Å². The number of hydrogen-bond donors (Lipinski definition) is 1. The molecule has 134 valence electrons. The van der Waals surface area contributed by atoms with Crippen LogP contribution in [0.25, 0.3) is 0 Å². The number of hydrogen-bond acceptors (Lipinski definition) is 5. The number of nitro groups is 1. The summed E-state index contributed by atoms with van der Waals surface area (Å²) in [5.41, 5.74) is 1.12. The van der Waals surface area contributed by atoms with Crippen LogP contribution in [0.15, 0.2) is 54.9 Å². The van der Waals surface area contributed by atoms with Crippen molar-refractivity contribution < 1.29 is 9.66 Å². The first-order chi connectivity index (χ1) is 12.5. The van der Waals surface area contributed by atoms with Crippen LogP contribution in [0.2, 0.25) is 5.02 Å². The van der Waals surface area contributed by atoms with Gasteiger partial charge in [-0.25, -0.2) is 4.98 Å². The zero-order valence-electron chi connectivity index (χ0n) is 14.2. The van der Waals surface area contributed by atoms with Crippen LogP contribution in [0.1, 0.15) is 17.4 Å². The lowest BCUT2D eigenvalue weighted by molar-refractivity contribution is -0.384. The van der Waals surface area contributed by atoms with Crippen molar-refractivity contribution >= 4 is 23.0 Å². The number of nitrogens with zero attached hydrogens (tertiary/aromatic N) is 3. The molecule has 1 unspecified atom stereocenters. The van der Waals surface area contributed by atoms with Gasteiger partial charge < -0.3 is 14.6 Å². The van der Waals surface area contributed by atoms with E-state index in [4.69, 9.17) is 16.3 Å². The molecule has 0 aliphatic rings. The second kappa shape index (κ2) is 7.45. The fourth-order valence-electron chi connectivity index (χ4n) is 2.71. The molecule has 0 amide bonds. The molecule has 1 N–H and O–H groups in total. The topological polar surface area (TPSA) is 82.2 Å². The van der Waals surface area contributed by atoms with Gasteiger partial charge in [-0.05, 0) is 29.8 Å². The molecule has 1 atom stereocenters. The van der Waals surface area contributed by atoms with Crippen LogP contribution in [0.5, 0.6) is 5.75 Å². The van der Waals surface area contributed by atoms with Crippen molar-refractivity contribution in [1.82, 2.24) is 9.55 Å². The number of anilines is 1. The van der Waals surface area contributed by atoms with E-state index in [9.17, 15) is 10.1 Å². The first kappa shape index (κ1) is 17.8. The fraction of sp³-hybridized carbons (Fsp3) is 0.167. The van der Waals surface area contributed by atoms with Crippen LogP contribution in [0.3, 0.4) is 0 Å². The summed E-state index contributed by atoms with van der Waals surface area (Å²) in [7, 11) is 3.46. The van der Waals surface area contributed by atoms with Crippen LogP contribution < -0.4 is 10.1 Å². The maximum Gasteiger partial charge on any atom is 0.293 e. The van der Waals surface area contributed by atoms with E-state index in [0.29, 0.717) is 22.3 Å². The summed E-state index contributed by atoms with van der Waals surface area (Å²) in [6.07, 6.45) is 3.50. The number of aromatic nitrogens is 2. The van der Waals surface area contributed by atoms with E-state index in [1.807, 2.05) is 42.1 Å². The Morgan fingerprint density at radius 1 is 1.31 bits per heavy atom. The Morgan fingerprint density at radius 2 is 2.12 bits per heavy atom. The molecular weight excluding hydrogens is 356 g/mol. The summed E-state index contributed by atoms with van der Waals surface area (Å²) in [5, 5.41) is 14.9. The molecule has 3 aromatic rings. The summed E-state index contributed by atoms with van der Waals surface area (Å²) in [6, 6.07) is 11.6. The minimum Gasteiger partial charge on any atom is -0.497 e. The van der Waals surface area contributed by atoms with Gasteiger partial charge in [-0.3, -0.25) is 10.1 Å². The zero-order chi connectivity index (χ0) is 18.7. The molecule has 0 aliphatic heterocycles. The largest absolute Gasteiger partial charge is 0.497 e. The molecule has 8 heteroatoms. The van der Waals surface area contributed by atoms with E-state index >= 15 is 0 Å². The molecule has 0 aliphatic carbocycles. The second-order valence-corrected chi connectivity index (χ2v) is 6.11. The molecule has 3 rings (SSSR count). The summed E-state index contributed by atoms with van der Waals surface area (Å²) in [4.78, 5) is 15.3. The standard InChI is InChI=1S/C18H17ClN4O3/c1-22-9-8-20-18(22)17(12-4-3-5-14(10-12)26-2)21-15-7-6-13(19)11-16(15)23(24)25/h3-11,17,21H,1-2H3. The predicted octanol–water partition coefficient (Wildman–Crippen LogP) is 4.19. The monoisotopic (exact) mass is 372 g/mol. The molecule has 26 heavy (non-hydrogen) atoms. The Bertz CT molecular complexity index is 942. The van der Waals surface area contributed by atoms with Crippen LogP contribution >= 0.6 is 11.6 Å². The van der Waals surface area contributed by atoms with Gasteiger partial charge in [0.05, 0.1) is 12.0 Å². The highest BCUT2D eigenvalue weighted by molar-refractivity contribution is 6.30. The molecule has 2 aromatic carbocycles. The van der Waals surface area contributed by atoms with E-state index in [0.717, 1.165) is 5.56 Å². The average Bonchev–Trinajstić information content (AvgIpc) is 3.06. The van der Waals surface area contributed by atoms with Crippen molar-refractivity contribution in [2.75, 3.05) is 12.4 Å². The number of halogens is 1. The summed E-state index contributed by atoms with van der Waals surface area (Å²) in [5.74, 6) is 1.40. The Hall–Kier alpha value is -3.06. The number of nitrogens with one attached hydrogen (secondary N) is 1. The van der Waals surface area contributed by atoms with E-state index in [2.05, 4.69) is 10.3 Å². The van der Waals surface area contributed by atoms with Crippen molar-refractivity contribution in [3.63, 3.8) is 0 Å². The first-order valence-electron chi connectivity index (χ1n) is 7.81. The van der Waals surface area contributed by atoms with Crippen LogP contribution in [-0.4, -0.2) is 21.6 Å². The number of nitro benzene ring substituents is 1. The maximum absolute atomic E-state index is 11.4. The molecule has 0 bridgehead atoms. The van der Waals surface area contributed by atoms with Crippen molar-refractivity contribution in [1.29, 1.82) is 0 Å². The molecule has 0 spiro atoms. The molecule has 0 radical (unpaired) electrons. The Kier molecular flexibility index (Phi) is 5.09. The molecule has 1 aromatic heterocycles. The molecular formula is C18H17ClN4O3. The molecule has 0 saturated heterocycles. The third-order valence-electron chi connectivity index (χ3n) is 4.00. The lowest BCUT2D eigenvalue weighted by Gasteiger charge is -2.21. The molecule has 7 nitrogen and oxygen atoms in total. The number of aryl methyl sites for hydroxylation is 1. The average molecular weight is 373 g/mol. The lowest BCUT2D eigenvalue weighted by atomic mass is 10.0. The van der Waals surface area contributed by atoms with Gasteiger partial charge in [-0.2, -0.15) is 0 Å². The first-order valence-corrected chi connectivity index (χ1v) is 8.19. The van der Waals surface area contributed by atoms with Crippen molar-refractivity contribution in [3.8, 4) is 5.75 Å². The maximum atomic E-state index is 11.4. The van der Waals surface area contributed by atoms with Crippen molar-refractivity contribution in [3.05, 3.63) is 81.4 Å². The van der Waals surface area contributed by atoms with E-state index < -0.39 is 11.0 Å². The van der Waals surface area contributed by atoms with Gasteiger partial charge in [-0.1, -0.05) is 23.7 Å². The van der Waals surface area contributed by atoms with Gasteiger partial charge in [0, 0.05) is 30.5 Å². The Balaban J connectivity index is 2.08. The predicted molar refractivity (Wildman–Crippen MR) is 99.8 cm³/mol. The molecule has 0 fully saturated rings. The highest BCUT2D eigenvalue weighted by Gasteiger charge is 2.23. The zero-order valence-corrected chi connectivity index (χ0v) is 15.0. The normalized spacial score (nSPS) is 11.8. The number of ether oxygens (including phenoxy) is 1. The number of rotatable bonds is 6. The Labute approximate surface area is 155 Å². The van der Waals surface area contributed by atoms with Crippen molar-refractivity contribution in [2.45, 2.75) is 6.04 Å². The SMILES string of the molecule is COc1cccc(C(Nc2ccc(Cl)cc2[N+](=O)[O-])c2nccn2C)c1. The minimum absolute atomic E-state index is 0.0976. The summed E-state index contributed by atoms with van der Waals surface area (Å²) in [6.45, 7) is 0. The Morgan fingerprint density at radius 3 is 2.77 bits per heavy atom. The molecule has 1 heterocycles.